The zero-order valence-corrected chi connectivity index (χ0v) is 14.0. The number of hydrogen-bond donors (Lipinski definition) is 2. The summed E-state index contributed by atoms with van der Waals surface area (Å²) in [5.41, 5.74) is 0.583. The van der Waals surface area contributed by atoms with Crippen molar-refractivity contribution in [1.82, 2.24) is 15.3 Å². The van der Waals surface area contributed by atoms with E-state index in [9.17, 15) is 4.79 Å². The van der Waals surface area contributed by atoms with Crippen molar-refractivity contribution in [2.75, 3.05) is 5.32 Å². The number of carbonyl (C=O) groups excluding carboxylic acids is 1. The second-order valence-electron chi connectivity index (χ2n) is 5.74. The van der Waals surface area contributed by atoms with Gasteiger partial charge in [-0.3, -0.25) is 4.79 Å². The minimum Gasteiger partial charge on any atom is -0.346 e. The molecular formula is C15H16Cl2N4O. The zero-order valence-electron chi connectivity index (χ0n) is 12.4. The van der Waals surface area contributed by atoms with E-state index >= 15 is 0 Å². The van der Waals surface area contributed by atoms with Gasteiger partial charge in [0.25, 0.3) is 5.91 Å². The van der Waals surface area contributed by atoms with Gasteiger partial charge in [0, 0.05) is 16.6 Å². The molecule has 2 rings (SSSR count). The van der Waals surface area contributed by atoms with E-state index in [-0.39, 0.29) is 17.1 Å². The molecule has 0 unspecified atom stereocenters. The molecule has 1 amide bonds. The van der Waals surface area contributed by atoms with Crippen molar-refractivity contribution in [1.29, 1.82) is 0 Å². The van der Waals surface area contributed by atoms with Crippen LogP contribution in [0.2, 0.25) is 10.0 Å². The first kappa shape index (κ1) is 16.5. The number of amides is 1. The summed E-state index contributed by atoms with van der Waals surface area (Å²) >= 11 is 12.0. The molecule has 0 spiro atoms. The predicted octanol–water partition coefficient (Wildman–Crippen LogP) is 4.06. The normalized spacial score (nSPS) is 11.1. The smallest absolute Gasteiger partial charge is 0.270 e. The van der Waals surface area contributed by atoms with Crippen LogP contribution in [0.15, 0.2) is 30.6 Å². The summed E-state index contributed by atoms with van der Waals surface area (Å²) in [5.74, 6) is 0.207. The van der Waals surface area contributed by atoms with Crippen LogP contribution in [0.25, 0.3) is 0 Å². The topological polar surface area (TPSA) is 66.9 Å². The Balaban J connectivity index is 2.20. The summed E-state index contributed by atoms with van der Waals surface area (Å²) < 4.78 is 0. The molecule has 5 nitrogen and oxygen atoms in total. The van der Waals surface area contributed by atoms with Crippen LogP contribution < -0.4 is 10.6 Å². The Morgan fingerprint density at radius 3 is 2.50 bits per heavy atom. The van der Waals surface area contributed by atoms with Gasteiger partial charge in [-0.15, -0.1) is 0 Å². The SMILES string of the molecule is CC(C)(C)NC(=O)c1cc(Nc2ccc(Cl)cc2Cl)ncn1. The summed E-state index contributed by atoms with van der Waals surface area (Å²) in [5, 5.41) is 6.89. The Morgan fingerprint density at radius 2 is 1.86 bits per heavy atom. The highest BCUT2D eigenvalue weighted by Gasteiger charge is 2.17. The highest BCUT2D eigenvalue weighted by molar-refractivity contribution is 6.36. The monoisotopic (exact) mass is 338 g/mol. The lowest BCUT2D eigenvalue weighted by Crippen LogP contribution is -2.40. The molecule has 116 valence electrons. The molecule has 1 aromatic carbocycles. The lowest BCUT2D eigenvalue weighted by molar-refractivity contribution is 0.0914. The third-order valence-electron chi connectivity index (χ3n) is 2.58. The molecule has 0 atom stereocenters. The molecule has 1 heterocycles. The predicted molar refractivity (Wildman–Crippen MR) is 89.0 cm³/mol. The van der Waals surface area contributed by atoms with Crippen molar-refractivity contribution >= 4 is 40.6 Å². The molecule has 0 fully saturated rings. The van der Waals surface area contributed by atoms with Crippen LogP contribution in [-0.4, -0.2) is 21.4 Å². The molecule has 2 aromatic rings. The van der Waals surface area contributed by atoms with Crippen LogP contribution in [0.1, 0.15) is 31.3 Å². The van der Waals surface area contributed by atoms with E-state index in [4.69, 9.17) is 23.2 Å². The first-order chi connectivity index (χ1) is 10.2. The third-order valence-corrected chi connectivity index (χ3v) is 3.13. The Kier molecular flexibility index (Phi) is 4.88. The van der Waals surface area contributed by atoms with Crippen LogP contribution in [-0.2, 0) is 0 Å². The second-order valence-corrected chi connectivity index (χ2v) is 6.59. The van der Waals surface area contributed by atoms with E-state index < -0.39 is 0 Å². The number of halogens is 2. The summed E-state index contributed by atoms with van der Waals surface area (Å²) in [6.45, 7) is 5.70. The Labute approximate surface area is 139 Å². The summed E-state index contributed by atoms with van der Waals surface area (Å²) in [7, 11) is 0. The Morgan fingerprint density at radius 1 is 1.14 bits per heavy atom. The molecule has 0 aliphatic rings. The highest BCUT2D eigenvalue weighted by Crippen LogP contribution is 2.27. The number of rotatable bonds is 3. The average Bonchev–Trinajstić information content (AvgIpc) is 2.40. The third kappa shape index (κ3) is 4.58. The molecule has 0 saturated heterocycles. The molecule has 0 saturated carbocycles. The summed E-state index contributed by atoms with van der Waals surface area (Å²) in [4.78, 5) is 20.2. The average molecular weight is 339 g/mol. The summed E-state index contributed by atoms with van der Waals surface area (Å²) in [6.07, 6.45) is 1.32. The second kappa shape index (κ2) is 6.50. The Bertz CT molecular complexity index is 698. The number of aromatic nitrogens is 2. The Hall–Kier alpha value is -1.85. The van der Waals surface area contributed by atoms with Crippen LogP contribution in [0.3, 0.4) is 0 Å². The van der Waals surface area contributed by atoms with Gasteiger partial charge >= 0.3 is 0 Å². The van der Waals surface area contributed by atoms with Gasteiger partial charge in [0.05, 0.1) is 10.7 Å². The largest absolute Gasteiger partial charge is 0.346 e. The van der Waals surface area contributed by atoms with Gasteiger partial charge in [0.15, 0.2) is 0 Å². The van der Waals surface area contributed by atoms with E-state index in [0.717, 1.165) is 0 Å². The van der Waals surface area contributed by atoms with E-state index in [1.54, 1.807) is 24.3 Å². The van der Waals surface area contributed by atoms with Gasteiger partial charge in [0.1, 0.15) is 17.8 Å². The van der Waals surface area contributed by atoms with E-state index in [1.807, 2.05) is 20.8 Å². The lowest BCUT2D eigenvalue weighted by atomic mass is 10.1. The minimum atomic E-state index is -0.338. The van der Waals surface area contributed by atoms with E-state index in [2.05, 4.69) is 20.6 Å². The first-order valence-corrected chi connectivity index (χ1v) is 7.37. The van der Waals surface area contributed by atoms with E-state index in [1.165, 1.54) is 6.33 Å². The van der Waals surface area contributed by atoms with Crippen molar-refractivity contribution in [3.05, 3.63) is 46.3 Å². The van der Waals surface area contributed by atoms with Gasteiger partial charge in [-0.2, -0.15) is 0 Å². The number of hydrogen-bond acceptors (Lipinski definition) is 4. The van der Waals surface area contributed by atoms with Gasteiger partial charge in [0.2, 0.25) is 0 Å². The fourth-order valence-corrected chi connectivity index (χ4v) is 2.14. The van der Waals surface area contributed by atoms with Crippen LogP contribution in [0, 0.1) is 0 Å². The number of benzene rings is 1. The zero-order chi connectivity index (χ0) is 16.3. The standard InChI is InChI=1S/C15H16Cl2N4O/c1-15(2,3)21-14(22)12-7-13(19-8-18-12)20-11-5-4-9(16)6-10(11)17/h4-8H,1-3H3,(H,21,22)(H,18,19,20). The van der Waals surface area contributed by atoms with Gasteiger partial charge in [-0.25, -0.2) is 9.97 Å². The van der Waals surface area contributed by atoms with Crippen molar-refractivity contribution in [2.24, 2.45) is 0 Å². The maximum absolute atomic E-state index is 12.1. The molecular weight excluding hydrogens is 323 g/mol. The summed E-state index contributed by atoms with van der Waals surface area (Å²) in [6, 6.07) is 6.64. The molecule has 0 aliphatic heterocycles. The maximum Gasteiger partial charge on any atom is 0.270 e. The molecule has 22 heavy (non-hydrogen) atoms. The van der Waals surface area contributed by atoms with Gasteiger partial charge in [-0.05, 0) is 39.0 Å². The van der Waals surface area contributed by atoms with Gasteiger partial charge < -0.3 is 10.6 Å². The minimum absolute atomic E-state index is 0.264. The number of anilines is 2. The van der Waals surface area contributed by atoms with Crippen molar-refractivity contribution in [3.63, 3.8) is 0 Å². The molecule has 7 heteroatoms. The number of carbonyl (C=O) groups is 1. The lowest BCUT2D eigenvalue weighted by Gasteiger charge is -2.20. The fourth-order valence-electron chi connectivity index (χ4n) is 1.68. The number of nitrogens with zero attached hydrogens (tertiary/aromatic N) is 2. The van der Waals surface area contributed by atoms with Gasteiger partial charge in [-0.1, -0.05) is 23.2 Å². The van der Waals surface area contributed by atoms with Crippen LogP contribution in [0.4, 0.5) is 11.5 Å². The van der Waals surface area contributed by atoms with E-state index in [0.29, 0.717) is 21.6 Å². The quantitative estimate of drug-likeness (QED) is 0.885. The van der Waals surface area contributed by atoms with Crippen LogP contribution in [0.5, 0.6) is 0 Å². The number of nitrogens with one attached hydrogen (secondary N) is 2. The molecule has 0 aliphatic carbocycles. The molecule has 0 radical (unpaired) electrons. The molecule has 0 bridgehead atoms. The van der Waals surface area contributed by atoms with Crippen molar-refractivity contribution in [3.8, 4) is 0 Å². The van der Waals surface area contributed by atoms with Crippen molar-refractivity contribution in [2.45, 2.75) is 26.3 Å². The maximum atomic E-state index is 12.1. The molecule has 1 aromatic heterocycles. The first-order valence-electron chi connectivity index (χ1n) is 6.61. The highest BCUT2D eigenvalue weighted by atomic mass is 35.5. The fraction of sp³-hybridized carbons (Fsp3) is 0.267. The van der Waals surface area contributed by atoms with Crippen molar-refractivity contribution < 1.29 is 4.79 Å². The molecule has 2 N–H and O–H groups in total. The van der Waals surface area contributed by atoms with Crippen LogP contribution >= 0.6 is 23.2 Å².